The summed E-state index contributed by atoms with van der Waals surface area (Å²) in [6, 6.07) is 0.673. The molecule has 2 rings (SSSR count). The number of hydrogen-bond acceptors (Lipinski definition) is 3. The maximum Gasteiger partial charge on any atom is 0.0701 e. The Hall–Kier alpha value is -0.120. The minimum absolute atomic E-state index is 0.446. The molecule has 0 bridgehead atoms. The topological polar surface area (TPSA) is 24.5 Å². The summed E-state index contributed by atoms with van der Waals surface area (Å²) in [4.78, 5) is 2.52. The Morgan fingerprint density at radius 3 is 2.67 bits per heavy atom. The van der Waals surface area contributed by atoms with E-state index < -0.39 is 0 Å². The highest BCUT2D eigenvalue weighted by Gasteiger charge is 2.41. The van der Waals surface area contributed by atoms with E-state index in [2.05, 4.69) is 38.0 Å². The van der Waals surface area contributed by atoms with E-state index in [-0.39, 0.29) is 0 Å². The quantitative estimate of drug-likeness (QED) is 0.780. The monoisotopic (exact) mass is 296 g/mol. The molecule has 3 atom stereocenters. The largest absolute Gasteiger partial charge is 0.377 e. The van der Waals surface area contributed by atoms with Gasteiger partial charge in [-0.2, -0.15) is 0 Å². The van der Waals surface area contributed by atoms with Gasteiger partial charge in [-0.15, -0.1) is 0 Å². The van der Waals surface area contributed by atoms with E-state index >= 15 is 0 Å². The number of nitrogens with zero attached hydrogens (tertiary/aromatic N) is 1. The molecule has 0 aromatic carbocycles. The molecule has 0 amide bonds. The van der Waals surface area contributed by atoms with Gasteiger partial charge in [-0.05, 0) is 63.5 Å². The van der Waals surface area contributed by atoms with Gasteiger partial charge in [-0.25, -0.2) is 0 Å². The summed E-state index contributed by atoms with van der Waals surface area (Å²) in [6.07, 6.45) is 8.26. The first-order chi connectivity index (χ1) is 10.0. The highest BCUT2D eigenvalue weighted by molar-refractivity contribution is 4.97. The molecule has 124 valence electrons. The van der Waals surface area contributed by atoms with Crippen molar-refractivity contribution in [1.29, 1.82) is 0 Å². The van der Waals surface area contributed by atoms with E-state index in [4.69, 9.17) is 4.74 Å². The summed E-state index contributed by atoms with van der Waals surface area (Å²) in [7, 11) is 2.28. The summed E-state index contributed by atoms with van der Waals surface area (Å²) in [5, 5.41) is 3.82. The molecule has 1 aliphatic heterocycles. The number of hydrogen-bond donors (Lipinski definition) is 1. The summed E-state index contributed by atoms with van der Waals surface area (Å²) >= 11 is 0. The van der Waals surface area contributed by atoms with Gasteiger partial charge in [0.2, 0.25) is 0 Å². The van der Waals surface area contributed by atoms with Gasteiger partial charge in [0.1, 0.15) is 0 Å². The van der Waals surface area contributed by atoms with Gasteiger partial charge in [0, 0.05) is 25.7 Å². The highest BCUT2D eigenvalue weighted by atomic mass is 16.5. The van der Waals surface area contributed by atoms with Crippen LogP contribution in [0.3, 0.4) is 0 Å². The van der Waals surface area contributed by atoms with E-state index in [0.29, 0.717) is 17.6 Å². The van der Waals surface area contributed by atoms with Crippen molar-refractivity contribution in [1.82, 2.24) is 10.2 Å². The first kappa shape index (κ1) is 17.2. The maximum atomic E-state index is 5.89. The summed E-state index contributed by atoms with van der Waals surface area (Å²) in [5.74, 6) is 0.792. The second kappa shape index (κ2) is 7.94. The number of nitrogens with one attached hydrogen (secondary N) is 1. The van der Waals surface area contributed by atoms with E-state index in [1.165, 1.54) is 45.1 Å². The van der Waals surface area contributed by atoms with E-state index in [1.54, 1.807) is 0 Å². The standard InChI is InChI=1S/C18H36N2O/c1-5-11-19-17-15(9-10-18(17,2)3)13-20(4)14-16-8-6-7-12-21-16/h15-17,19H,5-14H2,1-4H3. The van der Waals surface area contributed by atoms with Crippen LogP contribution in [0.4, 0.5) is 0 Å². The minimum Gasteiger partial charge on any atom is -0.377 e. The van der Waals surface area contributed by atoms with Crippen LogP contribution in [0.1, 0.15) is 59.3 Å². The third-order valence-corrected chi connectivity index (χ3v) is 5.42. The second-order valence-corrected chi connectivity index (χ2v) is 7.93. The van der Waals surface area contributed by atoms with Crippen LogP contribution >= 0.6 is 0 Å². The summed E-state index contributed by atoms with van der Waals surface area (Å²) in [5.41, 5.74) is 0.446. The molecule has 1 saturated carbocycles. The zero-order valence-electron chi connectivity index (χ0n) is 14.7. The van der Waals surface area contributed by atoms with Crippen LogP contribution in [0.15, 0.2) is 0 Å². The summed E-state index contributed by atoms with van der Waals surface area (Å²) in [6.45, 7) is 11.6. The Balaban J connectivity index is 1.81. The zero-order chi connectivity index (χ0) is 15.3. The second-order valence-electron chi connectivity index (χ2n) is 7.93. The van der Waals surface area contributed by atoms with Crippen LogP contribution in [0.25, 0.3) is 0 Å². The van der Waals surface area contributed by atoms with Crippen molar-refractivity contribution < 1.29 is 4.74 Å². The van der Waals surface area contributed by atoms with Gasteiger partial charge in [0.15, 0.2) is 0 Å². The molecule has 0 aromatic rings. The molecule has 1 aliphatic carbocycles. The minimum atomic E-state index is 0.446. The molecule has 1 saturated heterocycles. The molecule has 0 radical (unpaired) electrons. The van der Waals surface area contributed by atoms with Crippen LogP contribution in [0.5, 0.6) is 0 Å². The average Bonchev–Trinajstić information content (AvgIpc) is 2.72. The van der Waals surface area contributed by atoms with E-state index in [0.717, 1.165) is 25.6 Å². The molecule has 3 nitrogen and oxygen atoms in total. The molecule has 2 aliphatic rings. The van der Waals surface area contributed by atoms with Gasteiger partial charge in [-0.1, -0.05) is 20.8 Å². The fraction of sp³-hybridized carbons (Fsp3) is 1.00. The van der Waals surface area contributed by atoms with Crippen molar-refractivity contribution in [3.05, 3.63) is 0 Å². The van der Waals surface area contributed by atoms with Crippen LogP contribution in [-0.4, -0.2) is 50.3 Å². The van der Waals surface area contributed by atoms with E-state index in [9.17, 15) is 0 Å². The molecule has 21 heavy (non-hydrogen) atoms. The third-order valence-electron chi connectivity index (χ3n) is 5.42. The Morgan fingerprint density at radius 1 is 1.19 bits per heavy atom. The van der Waals surface area contributed by atoms with Crippen LogP contribution in [-0.2, 0) is 4.74 Å². The predicted molar refractivity (Wildman–Crippen MR) is 89.7 cm³/mol. The predicted octanol–water partition coefficient (Wildman–Crippen LogP) is 3.29. The SMILES string of the molecule is CCCNC1C(CN(C)CC2CCCCO2)CCC1(C)C. The first-order valence-corrected chi connectivity index (χ1v) is 9.06. The molecule has 0 aromatic heterocycles. The Bertz CT molecular complexity index is 300. The fourth-order valence-electron chi connectivity index (χ4n) is 4.23. The molecule has 2 fully saturated rings. The lowest BCUT2D eigenvalue weighted by atomic mass is 9.84. The summed E-state index contributed by atoms with van der Waals surface area (Å²) < 4.78 is 5.89. The molecule has 1 heterocycles. The van der Waals surface area contributed by atoms with Gasteiger partial charge in [0.05, 0.1) is 6.10 Å². The van der Waals surface area contributed by atoms with Crippen molar-refractivity contribution in [3.8, 4) is 0 Å². The van der Waals surface area contributed by atoms with Crippen molar-refractivity contribution >= 4 is 0 Å². The van der Waals surface area contributed by atoms with E-state index in [1.807, 2.05) is 0 Å². The first-order valence-electron chi connectivity index (χ1n) is 9.06. The van der Waals surface area contributed by atoms with Gasteiger partial charge < -0.3 is 15.0 Å². The fourth-order valence-corrected chi connectivity index (χ4v) is 4.23. The molecule has 0 spiro atoms. The lowest BCUT2D eigenvalue weighted by Gasteiger charge is -2.34. The van der Waals surface area contributed by atoms with Crippen LogP contribution < -0.4 is 5.32 Å². The molecular weight excluding hydrogens is 260 g/mol. The van der Waals surface area contributed by atoms with Crippen molar-refractivity contribution in [2.45, 2.75) is 71.4 Å². The lowest BCUT2D eigenvalue weighted by molar-refractivity contribution is -0.00421. The molecular formula is C18H36N2O. The van der Waals surface area contributed by atoms with Gasteiger partial charge >= 0.3 is 0 Å². The number of ether oxygens (including phenoxy) is 1. The van der Waals surface area contributed by atoms with Crippen molar-refractivity contribution in [2.24, 2.45) is 11.3 Å². The van der Waals surface area contributed by atoms with Crippen LogP contribution in [0.2, 0.25) is 0 Å². The third kappa shape index (κ3) is 4.94. The maximum absolute atomic E-state index is 5.89. The van der Waals surface area contributed by atoms with Crippen molar-refractivity contribution in [2.75, 3.05) is 33.3 Å². The van der Waals surface area contributed by atoms with Crippen LogP contribution in [0, 0.1) is 11.3 Å². The number of rotatable bonds is 7. The zero-order valence-corrected chi connectivity index (χ0v) is 14.7. The van der Waals surface area contributed by atoms with Gasteiger partial charge in [-0.3, -0.25) is 0 Å². The smallest absolute Gasteiger partial charge is 0.0701 e. The number of likely N-dealkylation sites (N-methyl/N-ethyl adjacent to an activating group) is 1. The Labute approximate surface area is 131 Å². The van der Waals surface area contributed by atoms with Crippen molar-refractivity contribution in [3.63, 3.8) is 0 Å². The average molecular weight is 296 g/mol. The molecule has 1 N–H and O–H groups in total. The Kier molecular flexibility index (Phi) is 6.51. The Morgan fingerprint density at radius 2 is 2.00 bits per heavy atom. The molecule has 3 unspecified atom stereocenters. The highest BCUT2D eigenvalue weighted by Crippen LogP contribution is 2.41. The van der Waals surface area contributed by atoms with Gasteiger partial charge in [0.25, 0.3) is 0 Å². The molecule has 3 heteroatoms. The lowest BCUT2D eigenvalue weighted by Crippen LogP contribution is -2.46. The normalized spacial score (nSPS) is 32.7.